The summed E-state index contributed by atoms with van der Waals surface area (Å²) in [5.41, 5.74) is 0. The molecule has 2 aliphatic heterocycles. The zero-order chi connectivity index (χ0) is 14.0. The van der Waals surface area contributed by atoms with Gasteiger partial charge in [0.05, 0.1) is 26.4 Å². The van der Waals surface area contributed by atoms with E-state index in [4.69, 9.17) is 18.9 Å². The molecule has 0 aromatic carbocycles. The molecular formula is C16H30O4. The van der Waals surface area contributed by atoms with Crippen LogP contribution in [0.15, 0.2) is 0 Å². The Balaban J connectivity index is 1.46. The van der Waals surface area contributed by atoms with Crippen molar-refractivity contribution in [3.63, 3.8) is 0 Å². The first-order chi connectivity index (χ1) is 9.88. The lowest BCUT2D eigenvalue weighted by molar-refractivity contribution is -0.151. The van der Waals surface area contributed by atoms with E-state index in [0.29, 0.717) is 25.4 Å². The van der Waals surface area contributed by atoms with Crippen LogP contribution in [0, 0.1) is 0 Å². The predicted octanol–water partition coefficient (Wildman–Crippen LogP) is 3.28. The summed E-state index contributed by atoms with van der Waals surface area (Å²) >= 11 is 0. The zero-order valence-corrected chi connectivity index (χ0v) is 12.9. The van der Waals surface area contributed by atoms with Crippen molar-refractivity contribution in [1.29, 1.82) is 0 Å². The maximum Gasteiger partial charge on any atom is 0.157 e. The van der Waals surface area contributed by atoms with Gasteiger partial charge in [-0.3, -0.25) is 0 Å². The molecule has 2 atom stereocenters. The Morgan fingerprint density at radius 3 is 1.85 bits per heavy atom. The van der Waals surface area contributed by atoms with Gasteiger partial charge in [0, 0.05) is 0 Å². The Morgan fingerprint density at radius 1 is 0.850 bits per heavy atom. The Morgan fingerprint density at radius 2 is 1.35 bits per heavy atom. The van der Waals surface area contributed by atoms with Crippen molar-refractivity contribution in [3.8, 4) is 0 Å². The third-order valence-corrected chi connectivity index (χ3v) is 3.78. The van der Waals surface area contributed by atoms with Gasteiger partial charge in [-0.15, -0.1) is 0 Å². The second-order valence-corrected chi connectivity index (χ2v) is 5.92. The monoisotopic (exact) mass is 286 g/mol. The Hall–Kier alpha value is -0.160. The molecule has 2 fully saturated rings. The second kappa shape index (κ2) is 9.72. The number of epoxide rings is 2. The van der Waals surface area contributed by atoms with Crippen molar-refractivity contribution >= 4 is 0 Å². The molecule has 2 aliphatic rings. The topological polar surface area (TPSA) is 43.5 Å². The lowest BCUT2D eigenvalue weighted by Crippen LogP contribution is -2.22. The molecule has 0 aliphatic carbocycles. The van der Waals surface area contributed by atoms with E-state index in [-0.39, 0.29) is 6.29 Å². The summed E-state index contributed by atoms with van der Waals surface area (Å²) < 4.78 is 21.9. The molecular weight excluding hydrogens is 256 g/mol. The average Bonchev–Trinajstić information content (AvgIpc) is 3.34. The van der Waals surface area contributed by atoms with Gasteiger partial charge in [0.1, 0.15) is 12.2 Å². The molecule has 118 valence electrons. The van der Waals surface area contributed by atoms with E-state index >= 15 is 0 Å². The van der Waals surface area contributed by atoms with E-state index in [1.807, 2.05) is 0 Å². The lowest BCUT2D eigenvalue weighted by Gasteiger charge is -2.17. The van der Waals surface area contributed by atoms with E-state index in [0.717, 1.165) is 19.6 Å². The van der Waals surface area contributed by atoms with E-state index in [2.05, 4.69) is 6.92 Å². The van der Waals surface area contributed by atoms with Crippen molar-refractivity contribution in [2.45, 2.75) is 76.8 Å². The van der Waals surface area contributed by atoms with Crippen molar-refractivity contribution in [1.82, 2.24) is 0 Å². The van der Waals surface area contributed by atoms with Crippen molar-refractivity contribution in [2.24, 2.45) is 0 Å². The van der Waals surface area contributed by atoms with Crippen LogP contribution in [0.3, 0.4) is 0 Å². The van der Waals surface area contributed by atoms with Crippen LogP contribution in [0.25, 0.3) is 0 Å². The van der Waals surface area contributed by atoms with Crippen LogP contribution in [-0.2, 0) is 18.9 Å². The molecule has 0 spiro atoms. The highest BCUT2D eigenvalue weighted by atomic mass is 16.7. The molecule has 0 N–H and O–H groups in total. The van der Waals surface area contributed by atoms with Gasteiger partial charge >= 0.3 is 0 Å². The van der Waals surface area contributed by atoms with Crippen molar-refractivity contribution < 1.29 is 18.9 Å². The van der Waals surface area contributed by atoms with E-state index in [9.17, 15) is 0 Å². The fourth-order valence-electron chi connectivity index (χ4n) is 2.24. The number of hydrogen-bond donors (Lipinski definition) is 0. The Labute approximate surface area is 123 Å². The summed E-state index contributed by atoms with van der Waals surface area (Å²) in [5, 5.41) is 0. The smallest absolute Gasteiger partial charge is 0.157 e. The molecule has 4 heteroatoms. The number of hydrogen-bond acceptors (Lipinski definition) is 4. The van der Waals surface area contributed by atoms with E-state index < -0.39 is 0 Å². The Bertz CT molecular complexity index is 223. The van der Waals surface area contributed by atoms with Crippen LogP contribution in [0.5, 0.6) is 0 Å². The summed E-state index contributed by atoms with van der Waals surface area (Å²) in [6.45, 7) is 5.29. The first-order valence-corrected chi connectivity index (χ1v) is 8.35. The van der Waals surface area contributed by atoms with Gasteiger partial charge in [-0.2, -0.15) is 0 Å². The van der Waals surface area contributed by atoms with Crippen LogP contribution < -0.4 is 0 Å². The normalized spacial score (nSPS) is 25.6. The maximum absolute atomic E-state index is 5.79. The Kier molecular flexibility index (Phi) is 7.88. The molecule has 2 unspecified atom stereocenters. The van der Waals surface area contributed by atoms with Crippen LogP contribution in [0.1, 0.15) is 58.3 Å². The molecule has 0 radical (unpaired) electrons. The number of unbranched alkanes of at least 4 members (excludes halogenated alkanes) is 6. The predicted molar refractivity (Wildman–Crippen MR) is 77.8 cm³/mol. The summed E-state index contributed by atoms with van der Waals surface area (Å²) in [4.78, 5) is 0. The fraction of sp³-hybridized carbons (Fsp3) is 1.00. The highest BCUT2D eigenvalue weighted by molar-refractivity contribution is 4.70. The number of ether oxygens (including phenoxy) is 4. The molecule has 4 nitrogen and oxygen atoms in total. The third-order valence-electron chi connectivity index (χ3n) is 3.78. The molecule has 0 bridgehead atoms. The van der Waals surface area contributed by atoms with Gasteiger partial charge in [-0.1, -0.05) is 45.4 Å². The van der Waals surface area contributed by atoms with Gasteiger partial charge < -0.3 is 18.9 Å². The fourth-order valence-corrected chi connectivity index (χ4v) is 2.24. The molecule has 2 rings (SSSR count). The maximum atomic E-state index is 5.79. The standard InChI is InChI=1S/C16H30O4/c1-2-3-4-5-6-7-8-9-16(19-12-14-10-17-14)20-13-15-11-18-15/h14-16H,2-13H2,1H3. The summed E-state index contributed by atoms with van der Waals surface area (Å²) in [6.07, 6.45) is 10.8. The minimum Gasteiger partial charge on any atom is -0.371 e. The number of rotatable bonds is 14. The largest absolute Gasteiger partial charge is 0.371 e. The van der Waals surface area contributed by atoms with Crippen molar-refractivity contribution in [3.05, 3.63) is 0 Å². The molecule has 0 saturated carbocycles. The second-order valence-electron chi connectivity index (χ2n) is 5.92. The first-order valence-electron chi connectivity index (χ1n) is 8.35. The molecule has 2 heterocycles. The van der Waals surface area contributed by atoms with Crippen LogP contribution in [0.2, 0.25) is 0 Å². The van der Waals surface area contributed by atoms with Crippen LogP contribution in [0.4, 0.5) is 0 Å². The van der Waals surface area contributed by atoms with Gasteiger partial charge in [-0.25, -0.2) is 0 Å². The van der Waals surface area contributed by atoms with E-state index in [1.54, 1.807) is 0 Å². The molecule has 0 aromatic heterocycles. The molecule has 0 aromatic rings. The van der Waals surface area contributed by atoms with Crippen molar-refractivity contribution in [2.75, 3.05) is 26.4 Å². The quantitative estimate of drug-likeness (QED) is 0.279. The van der Waals surface area contributed by atoms with Gasteiger partial charge in [0.25, 0.3) is 0 Å². The first kappa shape index (κ1) is 16.2. The van der Waals surface area contributed by atoms with E-state index in [1.165, 1.54) is 44.9 Å². The summed E-state index contributed by atoms with van der Waals surface area (Å²) in [5.74, 6) is 0. The highest BCUT2D eigenvalue weighted by Crippen LogP contribution is 2.17. The zero-order valence-electron chi connectivity index (χ0n) is 12.9. The van der Waals surface area contributed by atoms with Gasteiger partial charge in [0.15, 0.2) is 6.29 Å². The lowest BCUT2D eigenvalue weighted by atomic mass is 10.1. The summed E-state index contributed by atoms with van der Waals surface area (Å²) in [6, 6.07) is 0. The van der Waals surface area contributed by atoms with Gasteiger partial charge in [0.2, 0.25) is 0 Å². The molecule has 0 amide bonds. The van der Waals surface area contributed by atoms with Gasteiger partial charge in [-0.05, 0) is 12.8 Å². The van der Waals surface area contributed by atoms with Crippen LogP contribution >= 0.6 is 0 Å². The van der Waals surface area contributed by atoms with Crippen LogP contribution in [-0.4, -0.2) is 44.9 Å². The minimum atomic E-state index is -0.0703. The average molecular weight is 286 g/mol. The summed E-state index contributed by atoms with van der Waals surface area (Å²) in [7, 11) is 0. The SMILES string of the molecule is CCCCCCCCCC(OCC1CO1)OCC1CO1. The molecule has 20 heavy (non-hydrogen) atoms. The molecule has 2 saturated heterocycles. The minimum absolute atomic E-state index is 0.0703. The third kappa shape index (κ3) is 8.20. The highest BCUT2D eigenvalue weighted by Gasteiger charge is 2.27.